The first-order valence-corrected chi connectivity index (χ1v) is 10.6. The third-order valence-corrected chi connectivity index (χ3v) is 5.90. The van der Waals surface area contributed by atoms with E-state index in [0.29, 0.717) is 6.04 Å². The van der Waals surface area contributed by atoms with Gasteiger partial charge in [-0.1, -0.05) is 18.2 Å². The average molecular weight is 395 g/mol. The Balaban J connectivity index is 1.29. The van der Waals surface area contributed by atoms with Crippen LogP contribution in [0.1, 0.15) is 25.7 Å². The van der Waals surface area contributed by atoms with E-state index in [0.717, 1.165) is 69.3 Å². The average Bonchev–Trinajstić information content (AvgIpc) is 2.76. The molecule has 1 aromatic carbocycles. The molecule has 2 fully saturated rings. The monoisotopic (exact) mass is 394 g/mol. The fourth-order valence-corrected chi connectivity index (χ4v) is 4.05. The SMILES string of the molecule is CN1CCC(NC(=O)C2CCN(c3nccc(Nc4ccccc4)n3)CC2)CC1. The van der Waals surface area contributed by atoms with Crippen molar-refractivity contribution in [3.05, 3.63) is 42.6 Å². The van der Waals surface area contributed by atoms with Crippen LogP contribution in [0.3, 0.4) is 0 Å². The Morgan fingerprint density at radius 3 is 2.45 bits per heavy atom. The maximum Gasteiger partial charge on any atom is 0.227 e. The molecule has 2 aliphatic heterocycles. The lowest BCUT2D eigenvalue weighted by molar-refractivity contribution is -0.126. The number of para-hydroxylation sites is 1. The van der Waals surface area contributed by atoms with Crippen LogP contribution in [-0.4, -0.2) is 60.0 Å². The minimum atomic E-state index is 0.0940. The van der Waals surface area contributed by atoms with Crippen LogP contribution in [0.15, 0.2) is 42.6 Å². The molecule has 7 nitrogen and oxygen atoms in total. The summed E-state index contributed by atoms with van der Waals surface area (Å²) in [5.41, 5.74) is 1.00. The summed E-state index contributed by atoms with van der Waals surface area (Å²) in [4.78, 5) is 26.3. The van der Waals surface area contributed by atoms with Gasteiger partial charge in [-0.25, -0.2) is 4.98 Å². The second kappa shape index (κ2) is 9.22. The third-order valence-electron chi connectivity index (χ3n) is 5.90. The normalized spacial score (nSPS) is 19.1. The van der Waals surface area contributed by atoms with E-state index in [-0.39, 0.29) is 11.8 Å². The van der Waals surface area contributed by atoms with Gasteiger partial charge in [-0.2, -0.15) is 4.98 Å². The van der Waals surface area contributed by atoms with Crippen molar-refractivity contribution in [1.82, 2.24) is 20.2 Å². The predicted molar refractivity (Wildman–Crippen MR) is 115 cm³/mol. The number of hydrogen-bond acceptors (Lipinski definition) is 6. The van der Waals surface area contributed by atoms with Gasteiger partial charge in [0.15, 0.2) is 0 Å². The van der Waals surface area contributed by atoms with Gasteiger partial charge in [0.1, 0.15) is 5.82 Å². The molecule has 3 heterocycles. The molecule has 1 aromatic heterocycles. The molecule has 0 spiro atoms. The highest BCUT2D eigenvalue weighted by molar-refractivity contribution is 5.79. The fourth-order valence-electron chi connectivity index (χ4n) is 4.05. The smallest absolute Gasteiger partial charge is 0.227 e. The molecule has 1 amide bonds. The maximum absolute atomic E-state index is 12.7. The Morgan fingerprint density at radius 2 is 1.72 bits per heavy atom. The zero-order valence-corrected chi connectivity index (χ0v) is 17.1. The lowest BCUT2D eigenvalue weighted by Gasteiger charge is -2.34. The topological polar surface area (TPSA) is 73.4 Å². The van der Waals surface area contributed by atoms with E-state index >= 15 is 0 Å². The van der Waals surface area contributed by atoms with Crippen LogP contribution in [0.25, 0.3) is 0 Å². The van der Waals surface area contributed by atoms with Crippen molar-refractivity contribution < 1.29 is 4.79 Å². The molecule has 0 unspecified atom stereocenters. The molecule has 2 aliphatic rings. The standard InChI is InChI=1S/C22H30N6O/c1-27-13-10-19(11-14-27)25-21(29)17-8-15-28(16-9-17)22-23-12-7-20(26-22)24-18-5-3-2-4-6-18/h2-7,12,17,19H,8-11,13-16H2,1H3,(H,25,29)(H,23,24,26). The van der Waals surface area contributed by atoms with Crippen molar-refractivity contribution in [3.8, 4) is 0 Å². The lowest BCUT2D eigenvalue weighted by atomic mass is 9.95. The molecule has 0 saturated carbocycles. The zero-order valence-electron chi connectivity index (χ0n) is 17.1. The number of carbonyl (C=O) groups is 1. The number of aromatic nitrogens is 2. The number of nitrogens with zero attached hydrogens (tertiary/aromatic N) is 4. The van der Waals surface area contributed by atoms with Gasteiger partial charge in [-0.3, -0.25) is 4.79 Å². The van der Waals surface area contributed by atoms with Crippen LogP contribution in [0, 0.1) is 5.92 Å². The maximum atomic E-state index is 12.7. The molecule has 2 saturated heterocycles. The van der Waals surface area contributed by atoms with Gasteiger partial charge in [-0.15, -0.1) is 0 Å². The number of benzene rings is 1. The summed E-state index contributed by atoms with van der Waals surface area (Å²) in [5.74, 6) is 1.82. The van der Waals surface area contributed by atoms with Gasteiger partial charge in [0.05, 0.1) is 0 Å². The summed E-state index contributed by atoms with van der Waals surface area (Å²) in [6.07, 6.45) is 5.58. The first-order chi connectivity index (χ1) is 14.2. The number of anilines is 3. The van der Waals surface area contributed by atoms with Crippen molar-refractivity contribution >= 4 is 23.4 Å². The van der Waals surface area contributed by atoms with Gasteiger partial charge >= 0.3 is 0 Å². The summed E-state index contributed by atoms with van der Waals surface area (Å²) in [6.45, 7) is 3.74. The fraction of sp³-hybridized carbons (Fsp3) is 0.500. The Labute approximate surface area is 172 Å². The van der Waals surface area contributed by atoms with Crippen molar-refractivity contribution in [3.63, 3.8) is 0 Å². The third kappa shape index (κ3) is 5.23. The lowest BCUT2D eigenvalue weighted by Crippen LogP contribution is -2.47. The molecular formula is C22H30N6O. The van der Waals surface area contributed by atoms with Crippen molar-refractivity contribution in [2.45, 2.75) is 31.7 Å². The Kier molecular flexibility index (Phi) is 6.24. The molecule has 0 atom stereocenters. The molecule has 2 N–H and O–H groups in total. The minimum absolute atomic E-state index is 0.0940. The van der Waals surface area contributed by atoms with Gasteiger partial charge in [0, 0.05) is 36.9 Å². The second-order valence-electron chi connectivity index (χ2n) is 8.08. The van der Waals surface area contributed by atoms with Crippen molar-refractivity contribution in [1.29, 1.82) is 0 Å². The molecule has 0 radical (unpaired) electrons. The van der Waals surface area contributed by atoms with Gasteiger partial charge < -0.3 is 20.4 Å². The Morgan fingerprint density at radius 1 is 1.00 bits per heavy atom. The quantitative estimate of drug-likeness (QED) is 0.812. The molecule has 0 aliphatic carbocycles. The van der Waals surface area contributed by atoms with Crippen LogP contribution in [0.2, 0.25) is 0 Å². The van der Waals surface area contributed by atoms with Crippen molar-refractivity contribution in [2.75, 3.05) is 43.4 Å². The minimum Gasteiger partial charge on any atom is -0.353 e. The summed E-state index contributed by atoms with van der Waals surface area (Å²) in [7, 11) is 2.14. The predicted octanol–water partition coefficient (Wildman–Crippen LogP) is 2.65. The van der Waals surface area contributed by atoms with E-state index in [9.17, 15) is 4.79 Å². The van der Waals surface area contributed by atoms with E-state index in [1.807, 2.05) is 36.4 Å². The molecule has 4 rings (SSSR count). The van der Waals surface area contributed by atoms with Crippen LogP contribution < -0.4 is 15.5 Å². The molecule has 154 valence electrons. The second-order valence-corrected chi connectivity index (χ2v) is 8.08. The summed E-state index contributed by atoms with van der Waals surface area (Å²) < 4.78 is 0. The number of hydrogen-bond donors (Lipinski definition) is 2. The molecule has 0 bridgehead atoms. The number of amides is 1. The van der Waals surface area contributed by atoms with Gasteiger partial charge in [0.25, 0.3) is 0 Å². The molecule has 29 heavy (non-hydrogen) atoms. The molecule has 7 heteroatoms. The van der Waals surface area contributed by atoms with Crippen molar-refractivity contribution in [2.24, 2.45) is 5.92 Å². The Bertz CT molecular complexity index is 798. The first kappa shape index (κ1) is 19.6. The van der Waals surface area contributed by atoms with E-state index < -0.39 is 0 Å². The molecule has 2 aromatic rings. The number of nitrogens with one attached hydrogen (secondary N) is 2. The number of carbonyl (C=O) groups excluding carboxylic acids is 1. The van der Waals surface area contributed by atoms with Crippen LogP contribution in [-0.2, 0) is 4.79 Å². The highest BCUT2D eigenvalue weighted by Gasteiger charge is 2.28. The van der Waals surface area contributed by atoms with Crippen LogP contribution in [0.4, 0.5) is 17.5 Å². The largest absolute Gasteiger partial charge is 0.353 e. The number of likely N-dealkylation sites (tertiary alicyclic amines) is 1. The van der Waals surface area contributed by atoms with E-state index in [1.54, 1.807) is 6.20 Å². The van der Waals surface area contributed by atoms with E-state index in [4.69, 9.17) is 0 Å². The summed E-state index contributed by atoms with van der Waals surface area (Å²) in [5, 5.41) is 6.59. The van der Waals surface area contributed by atoms with Gasteiger partial charge in [-0.05, 0) is 64.0 Å². The highest BCUT2D eigenvalue weighted by atomic mass is 16.2. The van der Waals surface area contributed by atoms with Crippen LogP contribution in [0.5, 0.6) is 0 Å². The number of piperidine rings is 2. The summed E-state index contributed by atoms with van der Waals surface area (Å²) in [6, 6.07) is 12.2. The summed E-state index contributed by atoms with van der Waals surface area (Å²) >= 11 is 0. The van der Waals surface area contributed by atoms with E-state index in [2.05, 4.69) is 37.4 Å². The van der Waals surface area contributed by atoms with Gasteiger partial charge in [0.2, 0.25) is 11.9 Å². The van der Waals surface area contributed by atoms with Crippen LogP contribution >= 0.6 is 0 Å². The zero-order chi connectivity index (χ0) is 20.1. The highest BCUT2D eigenvalue weighted by Crippen LogP contribution is 2.23. The Hall–Kier alpha value is -2.67. The first-order valence-electron chi connectivity index (χ1n) is 10.6. The number of rotatable bonds is 5. The molecular weight excluding hydrogens is 364 g/mol. The van der Waals surface area contributed by atoms with E-state index in [1.165, 1.54) is 0 Å².